The Labute approximate surface area is 122 Å². The SMILES string of the molecule is Cc1nn(CCN)c(C)c1S(=O)(=O)NCCc1ncno1. The molecule has 0 spiro atoms. The highest BCUT2D eigenvalue weighted by molar-refractivity contribution is 7.89. The molecule has 0 saturated carbocycles. The number of rotatable bonds is 7. The van der Waals surface area contributed by atoms with E-state index in [9.17, 15) is 8.42 Å². The molecule has 10 heteroatoms. The van der Waals surface area contributed by atoms with Gasteiger partial charge in [0.1, 0.15) is 4.90 Å². The lowest BCUT2D eigenvalue weighted by molar-refractivity contribution is 0.377. The van der Waals surface area contributed by atoms with Crippen molar-refractivity contribution in [1.29, 1.82) is 0 Å². The first-order chi connectivity index (χ1) is 9.95. The van der Waals surface area contributed by atoms with Crippen LogP contribution >= 0.6 is 0 Å². The Balaban J connectivity index is 2.12. The van der Waals surface area contributed by atoms with E-state index in [-0.39, 0.29) is 11.4 Å². The van der Waals surface area contributed by atoms with Gasteiger partial charge in [-0.1, -0.05) is 5.16 Å². The second kappa shape index (κ2) is 6.33. The van der Waals surface area contributed by atoms with Gasteiger partial charge < -0.3 is 10.3 Å². The molecule has 0 aliphatic rings. The molecule has 21 heavy (non-hydrogen) atoms. The van der Waals surface area contributed by atoms with Crippen molar-refractivity contribution in [3.8, 4) is 0 Å². The van der Waals surface area contributed by atoms with E-state index < -0.39 is 10.0 Å². The minimum atomic E-state index is -3.64. The summed E-state index contributed by atoms with van der Waals surface area (Å²) in [5, 5.41) is 7.66. The topological polar surface area (TPSA) is 129 Å². The molecule has 2 aromatic rings. The van der Waals surface area contributed by atoms with Gasteiger partial charge in [-0.25, -0.2) is 13.1 Å². The molecule has 9 nitrogen and oxygen atoms in total. The summed E-state index contributed by atoms with van der Waals surface area (Å²) in [5.41, 5.74) is 6.51. The highest BCUT2D eigenvalue weighted by atomic mass is 32.2. The maximum atomic E-state index is 12.4. The molecule has 0 radical (unpaired) electrons. The van der Waals surface area contributed by atoms with Crippen LogP contribution in [0.1, 0.15) is 17.3 Å². The van der Waals surface area contributed by atoms with Crippen molar-refractivity contribution in [3.05, 3.63) is 23.6 Å². The van der Waals surface area contributed by atoms with E-state index in [1.54, 1.807) is 18.5 Å². The molecule has 2 heterocycles. The minimum Gasteiger partial charge on any atom is -0.340 e. The van der Waals surface area contributed by atoms with Crippen LogP contribution in [0.3, 0.4) is 0 Å². The summed E-state index contributed by atoms with van der Waals surface area (Å²) >= 11 is 0. The van der Waals surface area contributed by atoms with Gasteiger partial charge >= 0.3 is 0 Å². The molecule has 0 bridgehead atoms. The number of aromatic nitrogens is 4. The van der Waals surface area contributed by atoms with Crippen LogP contribution in [0.5, 0.6) is 0 Å². The molecule has 0 unspecified atom stereocenters. The van der Waals surface area contributed by atoms with Crippen LogP contribution in [0.25, 0.3) is 0 Å². The third-order valence-electron chi connectivity index (χ3n) is 2.96. The van der Waals surface area contributed by atoms with Crippen molar-refractivity contribution in [2.75, 3.05) is 13.1 Å². The molecule has 0 amide bonds. The fraction of sp³-hybridized carbons (Fsp3) is 0.545. The lowest BCUT2D eigenvalue weighted by atomic mass is 10.4. The molecule has 0 aliphatic heterocycles. The first kappa shape index (κ1) is 15.6. The minimum absolute atomic E-state index is 0.172. The summed E-state index contributed by atoms with van der Waals surface area (Å²) in [6.45, 7) is 4.41. The lowest BCUT2D eigenvalue weighted by Gasteiger charge is -2.06. The molecule has 2 rings (SSSR count). The molecule has 0 aliphatic carbocycles. The molecule has 0 aromatic carbocycles. The summed E-state index contributed by atoms with van der Waals surface area (Å²) in [6, 6.07) is 0. The van der Waals surface area contributed by atoms with Crippen LogP contribution in [-0.2, 0) is 23.0 Å². The summed E-state index contributed by atoms with van der Waals surface area (Å²) in [6.07, 6.45) is 1.60. The number of nitrogens with one attached hydrogen (secondary N) is 1. The quantitative estimate of drug-likeness (QED) is 0.695. The first-order valence-electron chi connectivity index (χ1n) is 6.45. The average molecular weight is 314 g/mol. The van der Waals surface area contributed by atoms with E-state index in [1.165, 1.54) is 6.33 Å². The van der Waals surface area contributed by atoms with E-state index in [0.717, 1.165) is 0 Å². The average Bonchev–Trinajstić information content (AvgIpc) is 2.99. The summed E-state index contributed by atoms with van der Waals surface area (Å²) in [4.78, 5) is 4.02. The number of hydrogen-bond acceptors (Lipinski definition) is 7. The molecule has 0 fully saturated rings. The zero-order chi connectivity index (χ0) is 15.5. The lowest BCUT2D eigenvalue weighted by Crippen LogP contribution is -2.27. The smallest absolute Gasteiger partial charge is 0.244 e. The molecule has 116 valence electrons. The summed E-state index contributed by atoms with van der Waals surface area (Å²) in [7, 11) is -3.64. The normalized spacial score (nSPS) is 12.0. The van der Waals surface area contributed by atoms with Gasteiger partial charge in [0.15, 0.2) is 6.33 Å². The van der Waals surface area contributed by atoms with Crippen molar-refractivity contribution in [2.24, 2.45) is 5.73 Å². The summed E-state index contributed by atoms with van der Waals surface area (Å²) in [5.74, 6) is 0.380. The molecule has 2 aromatic heterocycles. The largest absolute Gasteiger partial charge is 0.340 e. The van der Waals surface area contributed by atoms with E-state index >= 15 is 0 Å². The van der Waals surface area contributed by atoms with E-state index in [2.05, 4.69) is 20.0 Å². The molecular weight excluding hydrogens is 296 g/mol. The first-order valence-corrected chi connectivity index (χ1v) is 7.93. The maximum Gasteiger partial charge on any atom is 0.244 e. The maximum absolute atomic E-state index is 12.4. The van der Waals surface area contributed by atoms with Crippen LogP contribution < -0.4 is 10.5 Å². The number of nitrogens with two attached hydrogens (primary N) is 1. The van der Waals surface area contributed by atoms with Gasteiger partial charge in [-0.2, -0.15) is 10.1 Å². The predicted octanol–water partition coefficient (Wildman–Crippen LogP) is -0.637. The van der Waals surface area contributed by atoms with Crippen molar-refractivity contribution in [2.45, 2.75) is 31.7 Å². The standard InChI is InChI=1S/C11H18N6O3S/c1-8-11(9(2)17(16-8)6-4-12)21(18,19)15-5-3-10-13-7-14-20-10/h7,15H,3-6,12H2,1-2H3. The van der Waals surface area contributed by atoms with Crippen LogP contribution in [0, 0.1) is 13.8 Å². The second-order valence-electron chi connectivity index (χ2n) is 4.49. The zero-order valence-corrected chi connectivity index (χ0v) is 12.7. The Morgan fingerprint density at radius 1 is 1.43 bits per heavy atom. The van der Waals surface area contributed by atoms with Crippen molar-refractivity contribution < 1.29 is 12.9 Å². The number of hydrogen-bond donors (Lipinski definition) is 2. The predicted molar refractivity (Wildman–Crippen MR) is 73.9 cm³/mol. The van der Waals surface area contributed by atoms with E-state index in [0.29, 0.717) is 36.8 Å². The van der Waals surface area contributed by atoms with Crippen molar-refractivity contribution in [1.82, 2.24) is 24.6 Å². The Morgan fingerprint density at radius 3 is 2.81 bits per heavy atom. The highest BCUT2D eigenvalue weighted by Crippen LogP contribution is 2.18. The van der Waals surface area contributed by atoms with Crippen molar-refractivity contribution in [3.63, 3.8) is 0 Å². The monoisotopic (exact) mass is 314 g/mol. The fourth-order valence-electron chi connectivity index (χ4n) is 2.08. The molecule has 0 atom stereocenters. The van der Waals surface area contributed by atoms with Gasteiger partial charge in [0, 0.05) is 19.5 Å². The van der Waals surface area contributed by atoms with Crippen LogP contribution in [0.2, 0.25) is 0 Å². The van der Waals surface area contributed by atoms with E-state index in [1.807, 2.05) is 0 Å². The van der Waals surface area contributed by atoms with Gasteiger partial charge in [-0.05, 0) is 13.8 Å². The summed E-state index contributed by atoms with van der Waals surface area (Å²) < 4.78 is 33.6. The van der Waals surface area contributed by atoms with Gasteiger partial charge in [0.2, 0.25) is 15.9 Å². The third kappa shape index (κ3) is 3.46. The molecule has 3 N–H and O–H groups in total. The Kier molecular flexibility index (Phi) is 4.70. The number of sulfonamides is 1. The van der Waals surface area contributed by atoms with Crippen LogP contribution in [0.4, 0.5) is 0 Å². The van der Waals surface area contributed by atoms with Gasteiger partial charge in [0.05, 0.1) is 17.9 Å². The Hall–Kier alpha value is -1.78. The van der Waals surface area contributed by atoms with Gasteiger partial charge in [0.25, 0.3) is 0 Å². The van der Waals surface area contributed by atoms with Crippen LogP contribution in [0.15, 0.2) is 15.7 Å². The van der Waals surface area contributed by atoms with Crippen molar-refractivity contribution >= 4 is 10.0 Å². The molecule has 0 saturated heterocycles. The zero-order valence-electron chi connectivity index (χ0n) is 11.9. The number of aryl methyl sites for hydroxylation is 1. The van der Waals surface area contributed by atoms with E-state index in [4.69, 9.17) is 10.3 Å². The Bertz CT molecular complexity index is 692. The highest BCUT2D eigenvalue weighted by Gasteiger charge is 2.24. The Morgan fingerprint density at radius 2 is 2.19 bits per heavy atom. The number of nitrogens with zero attached hydrogens (tertiary/aromatic N) is 4. The fourth-order valence-corrected chi connectivity index (χ4v) is 3.52. The second-order valence-corrected chi connectivity index (χ2v) is 6.20. The molecular formula is C11H18N6O3S. The third-order valence-corrected chi connectivity index (χ3v) is 4.68. The van der Waals surface area contributed by atoms with Gasteiger partial charge in [-0.15, -0.1) is 0 Å². The van der Waals surface area contributed by atoms with Crippen LogP contribution in [-0.4, -0.2) is 41.4 Å². The van der Waals surface area contributed by atoms with Gasteiger partial charge in [-0.3, -0.25) is 4.68 Å².